The maximum atomic E-state index is 5.38. The fourth-order valence-corrected chi connectivity index (χ4v) is 1.14. The monoisotopic (exact) mass is 157 g/mol. The Hall–Kier alpha value is -0.480. The van der Waals surface area contributed by atoms with E-state index in [0.717, 1.165) is 17.3 Å². The lowest BCUT2D eigenvalue weighted by molar-refractivity contribution is 0.993. The Balaban J connectivity index is 2.59. The van der Waals surface area contributed by atoms with Crippen molar-refractivity contribution in [1.82, 2.24) is 9.97 Å². The second-order valence-electron chi connectivity index (χ2n) is 1.99. The first-order valence-electron chi connectivity index (χ1n) is 3.08. The summed E-state index contributed by atoms with van der Waals surface area (Å²) < 4.78 is 0. The van der Waals surface area contributed by atoms with Crippen molar-refractivity contribution in [2.45, 2.75) is 12.3 Å². The number of imidazole rings is 1. The molecule has 3 nitrogen and oxygen atoms in total. The zero-order valence-corrected chi connectivity index (χ0v) is 6.74. The molecule has 0 aliphatic heterocycles. The molecule has 0 atom stereocenters. The molecular formula is C6H11N3S. The van der Waals surface area contributed by atoms with Crippen LogP contribution in [0.1, 0.15) is 11.5 Å². The van der Waals surface area contributed by atoms with E-state index in [1.54, 1.807) is 18.0 Å². The summed E-state index contributed by atoms with van der Waals surface area (Å²) >= 11 is 1.74. The molecule has 0 saturated heterocycles. The molecule has 0 aromatic carbocycles. The second-order valence-corrected chi connectivity index (χ2v) is 2.86. The van der Waals surface area contributed by atoms with Crippen molar-refractivity contribution in [3.63, 3.8) is 0 Å². The Morgan fingerprint density at radius 2 is 2.60 bits per heavy atom. The van der Waals surface area contributed by atoms with Crippen molar-refractivity contribution in [2.24, 2.45) is 5.73 Å². The molecule has 0 fully saturated rings. The summed E-state index contributed by atoms with van der Waals surface area (Å²) in [6.07, 6.45) is 3.83. The molecule has 0 amide bonds. The van der Waals surface area contributed by atoms with Gasteiger partial charge in [0.05, 0.1) is 5.75 Å². The van der Waals surface area contributed by atoms with Gasteiger partial charge in [0, 0.05) is 18.4 Å². The van der Waals surface area contributed by atoms with E-state index in [0.29, 0.717) is 6.54 Å². The summed E-state index contributed by atoms with van der Waals surface area (Å²) in [6.45, 7) is 0.543. The molecular weight excluding hydrogens is 146 g/mol. The van der Waals surface area contributed by atoms with E-state index in [-0.39, 0.29) is 0 Å². The Morgan fingerprint density at radius 3 is 3.10 bits per heavy atom. The Kier molecular flexibility index (Phi) is 2.77. The Labute approximate surface area is 64.4 Å². The van der Waals surface area contributed by atoms with Crippen LogP contribution in [0.5, 0.6) is 0 Å². The van der Waals surface area contributed by atoms with Gasteiger partial charge in [0.1, 0.15) is 5.82 Å². The van der Waals surface area contributed by atoms with Crippen molar-refractivity contribution in [2.75, 3.05) is 6.26 Å². The van der Waals surface area contributed by atoms with Crippen LogP contribution in [-0.4, -0.2) is 16.2 Å². The zero-order valence-electron chi connectivity index (χ0n) is 5.92. The normalized spacial score (nSPS) is 10.2. The third-order valence-electron chi connectivity index (χ3n) is 1.18. The quantitative estimate of drug-likeness (QED) is 0.680. The molecule has 1 aromatic heterocycles. The predicted octanol–water partition coefficient (Wildman–Crippen LogP) is 0.731. The van der Waals surface area contributed by atoms with Crippen LogP contribution in [0.4, 0.5) is 0 Å². The van der Waals surface area contributed by atoms with Crippen molar-refractivity contribution in [3.05, 3.63) is 17.7 Å². The molecule has 1 heterocycles. The SMILES string of the molecule is CSCc1ncc(CN)[nH]1. The van der Waals surface area contributed by atoms with Crippen molar-refractivity contribution in [3.8, 4) is 0 Å². The molecule has 0 aliphatic carbocycles. The minimum absolute atomic E-state index is 0.543. The molecule has 0 aliphatic rings. The maximum absolute atomic E-state index is 5.38. The van der Waals surface area contributed by atoms with Crippen LogP contribution >= 0.6 is 11.8 Å². The van der Waals surface area contributed by atoms with Crippen molar-refractivity contribution in [1.29, 1.82) is 0 Å². The van der Waals surface area contributed by atoms with Crippen LogP contribution in [0.2, 0.25) is 0 Å². The molecule has 0 spiro atoms. The number of thioether (sulfide) groups is 1. The average Bonchev–Trinajstić information content (AvgIpc) is 2.37. The summed E-state index contributed by atoms with van der Waals surface area (Å²) in [5.41, 5.74) is 6.39. The third kappa shape index (κ3) is 1.75. The standard InChI is InChI=1S/C6H11N3S/c1-10-4-6-8-3-5(2-7)9-6/h3H,2,4,7H2,1H3,(H,8,9). The number of nitrogens with zero attached hydrogens (tertiary/aromatic N) is 1. The number of rotatable bonds is 3. The molecule has 0 bridgehead atoms. The van der Waals surface area contributed by atoms with Gasteiger partial charge in [0.25, 0.3) is 0 Å². The lowest BCUT2D eigenvalue weighted by Gasteiger charge is -1.89. The highest BCUT2D eigenvalue weighted by molar-refractivity contribution is 7.97. The van der Waals surface area contributed by atoms with Crippen LogP contribution in [0.15, 0.2) is 6.20 Å². The minimum atomic E-state index is 0.543. The molecule has 4 heteroatoms. The summed E-state index contributed by atoms with van der Waals surface area (Å²) in [7, 11) is 0. The van der Waals surface area contributed by atoms with Gasteiger partial charge in [-0.2, -0.15) is 11.8 Å². The minimum Gasteiger partial charge on any atom is -0.344 e. The first-order valence-corrected chi connectivity index (χ1v) is 4.48. The molecule has 0 saturated carbocycles. The van der Waals surface area contributed by atoms with Gasteiger partial charge in [-0.1, -0.05) is 0 Å². The first kappa shape index (κ1) is 7.63. The summed E-state index contributed by atoms with van der Waals surface area (Å²) in [5, 5.41) is 0. The maximum Gasteiger partial charge on any atom is 0.116 e. The lowest BCUT2D eigenvalue weighted by atomic mass is 10.5. The van der Waals surface area contributed by atoms with E-state index < -0.39 is 0 Å². The van der Waals surface area contributed by atoms with Crippen LogP contribution in [0.25, 0.3) is 0 Å². The smallest absolute Gasteiger partial charge is 0.116 e. The van der Waals surface area contributed by atoms with Crippen LogP contribution < -0.4 is 5.73 Å². The average molecular weight is 157 g/mol. The number of hydrogen-bond donors (Lipinski definition) is 2. The lowest BCUT2D eigenvalue weighted by Crippen LogP contribution is -1.95. The highest BCUT2D eigenvalue weighted by Gasteiger charge is 1.95. The number of nitrogens with one attached hydrogen (secondary N) is 1. The number of aromatic amines is 1. The first-order chi connectivity index (χ1) is 4.86. The van der Waals surface area contributed by atoms with Gasteiger partial charge in [-0.3, -0.25) is 0 Å². The third-order valence-corrected chi connectivity index (χ3v) is 1.74. The van der Waals surface area contributed by atoms with E-state index in [1.807, 2.05) is 6.26 Å². The Bertz CT molecular complexity index is 197. The van der Waals surface area contributed by atoms with Crippen LogP contribution in [0.3, 0.4) is 0 Å². The number of nitrogens with two attached hydrogens (primary N) is 1. The molecule has 1 rings (SSSR count). The fraction of sp³-hybridized carbons (Fsp3) is 0.500. The van der Waals surface area contributed by atoms with E-state index in [2.05, 4.69) is 9.97 Å². The molecule has 0 radical (unpaired) electrons. The van der Waals surface area contributed by atoms with Crippen LogP contribution in [0, 0.1) is 0 Å². The predicted molar refractivity (Wildman–Crippen MR) is 43.7 cm³/mol. The molecule has 0 unspecified atom stereocenters. The van der Waals surface area contributed by atoms with Gasteiger partial charge in [-0.25, -0.2) is 4.98 Å². The van der Waals surface area contributed by atoms with Gasteiger partial charge in [0.2, 0.25) is 0 Å². The van der Waals surface area contributed by atoms with Crippen molar-refractivity contribution < 1.29 is 0 Å². The highest BCUT2D eigenvalue weighted by atomic mass is 32.2. The molecule has 1 aromatic rings. The molecule has 10 heavy (non-hydrogen) atoms. The fourth-order valence-electron chi connectivity index (χ4n) is 0.720. The van der Waals surface area contributed by atoms with Gasteiger partial charge in [-0.15, -0.1) is 0 Å². The number of aromatic nitrogens is 2. The van der Waals surface area contributed by atoms with Gasteiger partial charge in [-0.05, 0) is 6.26 Å². The topological polar surface area (TPSA) is 54.7 Å². The molecule has 3 N–H and O–H groups in total. The Morgan fingerprint density at radius 1 is 1.80 bits per heavy atom. The largest absolute Gasteiger partial charge is 0.344 e. The van der Waals surface area contributed by atoms with Crippen LogP contribution in [-0.2, 0) is 12.3 Å². The second kappa shape index (κ2) is 3.63. The van der Waals surface area contributed by atoms with E-state index in [1.165, 1.54) is 0 Å². The number of H-pyrrole nitrogens is 1. The van der Waals surface area contributed by atoms with Gasteiger partial charge < -0.3 is 10.7 Å². The van der Waals surface area contributed by atoms with E-state index in [4.69, 9.17) is 5.73 Å². The van der Waals surface area contributed by atoms with Crippen molar-refractivity contribution >= 4 is 11.8 Å². The van der Waals surface area contributed by atoms with Gasteiger partial charge in [0.15, 0.2) is 0 Å². The van der Waals surface area contributed by atoms with E-state index in [9.17, 15) is 0 Å². The van der Waals surface area contributed by atoms with Gasteiger partial charge >= 0.3 is 0 Å². The summed E-state index contributed by atoms with van der Waals surface area (Å²) in [5.74, 6) is 1.94. The number of hydrogen-bond acceptors (Lipinski definition) is 3. The highest BCUT2D eigenvalue weighted by Crippen LogP contribution is 2.04. The molecule has 56 valence electrons. The van der Waals surface area contributed by atoms with E-state index >= 15 is 0 Å². The zero-order chi connectivity index (χ0) is 7.40. The summed E-state index contributed by atoms with van der Waals surface area (Å²) in [6, 6.07) is 0. The summed E-state index contributed by atoms with van der Waals surface area (Å²) in [4.78, 5) is 7.23.